The van der Waals surface area contributed by atoms with E-state index in [1.807, 2.05) is 0 Å². The van der Waals surface area contributed by atoms with E-state index in [-0.39, 0.29) is 21.9 Å². The number of Topliss-reactive ketones (excluding diaryl/α,β-unsaturated/α-hetero) is 1. The van der Waals surface area contributed by atoms with Crippen LogP contribution in [0.25, 0.3) is 0 Å². The number of ether oxygens (including phenoxy) is 1. The van der Waals surface area contributed by atoms with Gasteiger partial charge in [-0.3, -0.25) is 4.79 Å². The van der Waals surface area contributed by atoms with E-state index in [0.717, 1.165) is 0 Å². The molecule has 0 unspecified atom stereocenters. The van der Waals surface area contributed by atoms with Crippen LogP contribution in [0.15, 0.2) is 48.5 Å². The smallest absolute Gasteiger partial charge is 0.437 e. The van der Waals surface area contributed by atoms with Crippen LogP contribution in [-0.2, 0) is 0 Å². The molecule has 10 heteroatoms. The van der Waals surface area contributed by atoms with E-state index in [0.29, 0.717) is 0 Å². The number of para-hydroxylation sites is 1. The first-order chi connectivity index (χ1) is 13.6. The first kappa shape index (κ1) is 20.9. The molecule has 2 aromatic rings. The van der Waals surface area contributed by atoms with Crippen LogP contribution in [0.5, 0.6) is 5.75 Å². The van der Waals surface area contributed by atoms with Gasteiger partial charge in [0.15, 0.2) is 5.78 Å². The number of nitrogens with one attached hydrogen (secondary N) is 2. The number of amides is 2. The van der Waals surface area contributed by atoms with Crippen molar-refractivity contribution in [3.8, 4) is 5.75 Å². The Morgan fingerprint density at radius 3 is 2.41 bits per heavy atom. The third-order valence-corrected chi connectivity index (χ3v) is 4.98. The summed E-state index contributed by atoms with van der Waals surface area (Å²) < 4.78 is 46.8. The van der Waals surface area contributed by atoms with Gasteiger partial charge in [-0.25, -0.2) is 4.79 Å². The molecule has 1 fully saturated rings. The van der Waals surface area contributed by atoms with Gasteiger partial charge in [0.1, 0.15) is 11.7 Å². The van der Waals surface area contributed by atoms with Gasteiger partial charge in [-0.2, -0.15) is 13.2 Å². The SMILES string of the molecule is COc1c(Cl)cccc1[C@@H]1NC(=O)N[C@@](O)(C(F)(F)F)[C@H]1C(=O)c1ccccc1. The second-order valence-corrected chi connectivity index (χ2v) is 6.82. The number of ketones is 1. The molecule has 1 aliphatic rings. The molecular formula is C19H16ClF3N2O4. The van der Waals surface area contributed by atoms with Crippen molar-refractivity contribution in [2.24, 2.45) is 5.92 Å². The molecular weight excluding hydrogens is 413 g/mol. The Balaban J connectivity index is 2.23. The van der Waals surface area contributed by atoms with Crippen molar-refractivity contribution in [2.45, 2.75) is 17.9 Å². The van der Waals surface area contributed by atoms with E-state index in [2.05, 4.69) is 5.32 Å². The maximum atomic E-state index is 13.9. The van der Waals surface area contributed by atoms with Crippen LogP contribution < -0.4 is 15.4 Å². The molecule has 154 valence electrons. The van der Waals surface area contributed by atoms with Crippen LogP contribution in [0.2, 0.25) is 5.02 Å². The van der Waals surface area contributed by atoms with Crippen molar-refractivity contribution in [1.29, 1.82) is 0 Å². The van der Waals surface area contributed by atoms with Crippen LogP contribution in [0.4, 0.5) is 18.0 Å². The van der Waals surface area contributed by atoms with Gasteiger partial charge < -0.3 is 20.5 Å². The van der Waals surface area contributed by atoms with E-state index in [1.165, 1.54) is 54.9 Å². The summed E-state index contributed by atoms with van der Waals surface area (Å²) in [4.78, 5) is 25.1. The molecule has 0 saturated carbocycles. The van der Waals surface area contributed by atoms with Crippen molar-refractivity contribution in [3.63, 3.8) is 0 Å². The molecule has 3 rings (SSSR count). The number of rotatable bonds is 4. The van der Waals surface area contributed by atoms with Crippen LogP contribution >= 0.6 is 11.6 Å². The summed E-state index contributed by atoms with van der Waals surface area (Å²) >= 11 is 6.07. The first-order valence-electron chi connectivity index (χ1n) is 8.39. The number of hydrogen-bond donors (Lipinski definition) is 3. The van der Waals surface area contributed by atoms with Gasteiger partial charge in [-0.05, 0) is 6.07 Å². The number of hydrogen-bond acceptors (Lipinski definition) is 4. The minimum Gasteiger partial charge on any atom is -0.495 e. The molecule has 29 heavy (non-hydrogen) atoms. The molecule has 0 radical (unpaired) electrons. The van der Waals surface area contributed by atoms with Gasteiger partial charge in [0.2, 0.25) is 5.72 Å². The quantitative estimate of drug-likeness (QED) is 0.651. The fraction of sp³-hybridized carbons (Fsp3) is 0.263. The second-order valence-electron chi connectivity index (χ2n) is 6.41. The van der Waals surface area contributed by atoms with Gasteiger partial charge >= 0.3 is 12.2 Å². The summed E-state index contributed by atoms with van der Waals surface area (Å²) in [5, 5.41) is 14.4. The van der Waals surface area contributed by atoms with Crippen molar-refractivity contribution in [3.05, 3.63) is 64.7 Å². The Labute approximate surface area is 168 Å². The third kappa shape index (κ3) is 3.63. The fourth-order valence-corrected chi connectivity index (χ4v) is 3.63. The van der Waals surface area contributed by atoms with Gasteiger partial charge in [0.25, 0.3) is 0 Å². The lowest BCUT2D eigenvalue weighted by molar-refractivity contribution is -0.287. The largest absolute Gasteiger partial charge is 0.495 e. The number of urea groups is 1. The van der Waals surface area contributed by atoms with Crippen LogP contribution in [0.1, 0.15) is 22.0 Å². The summed E-state index contributed by atoms with van der Waals surface area (Å²) in [6.07, 6.45) is -5.34. The summed E-state index contributed by atoms with van der Waals surface area (Å²) in [5.74, 6) is -3.20. The number of aliphatic hydroxyl groups is 1. The van der Waals surface area contributed by atoms with Crippen molar-refractivity contribution in [1.82, 2.24) is 10.6 Å². The average molecular weight is 429 g/mol. The molecule has 1 aliphatic heterocycles. The number of methoxy groups -OCH3 is 1. The predicted octanol–water partition coefficient (Wildman–Crippen LogP) is 3.45. The lowest BCUT2D eigenvalue weighted by atomic mass is 9.77. The van der Waals surface area contributed by atoms with E-state index in [1.54, 1.807) is 6.07 Å². The zero-order chi connectivity index (χ0) is 21.4. The number of carbonyl (C=O) groups excluding carboxylic acids is 2. The second kappa shape index (κ2) is 7.57. The summed E-state index contributed by atoms with van der Waals surface area (Å²) in [6, 6.07) is 8.55. The Morgan fingerprint density at radius 2 is 1.83 bits per heavy atom. The van der Waals surface area contributed by atoms with Crippen molar-refractivity contribution >= 4 is 23.4 Å². The van der Waals surface area contributed by atoms with Crippen LogP contribution in [0, 0.1) is 5.92 Å². The normalized spacial score (nSPS) is 24.4. The van der Waals surface area contributed by atoms with E-state index < -0.39 is 35.7 Å². The number of alkyl halides is 3. The molecule has 2 amide bonds. The van der Waals surface area contributed by atoms with Crippen LogP contribution in [-0.4, -0.2) is 35.9 Å². The molecule has 1 saturated heterocycles. The minimum absolute atomic E-state index is 0.0169. The van der Waals surface area contributed by atoms with Gasteiger partial charge in [-0.15, -0.1) is 0 Å². The molecule has 0 spiro atoms. The predicted molar refractivity (Wildman–Crippen MR) is 97.7 cm³/mol. The Bertz CT molecular complexity index is 939. The zero-order valence-corrected chi connectivity index (χ0v) is 15.7. The standard InChI is InChI=1S/C19H16ClF3N2O4/c1-29-16-11(8-5-9-12(16)20)14-13(15(26)10-6-3-2-4-7-10)18(28,19(21,22)23)25-17(27)24-14/h2-9,13-14,28H,1H3,(H2,24,25,27)/t13-,14+,18+/m1/s1. The molecule has 0 aromatic heterocycles. The highest BCUT2D eigenvalue weighted by Crippen LogP contribution is 2.46. The topological polar surface area (TPSA) is 87.7 Å². The van der Waals surface area contributed by atoms with E-state index in [4.69, 9.17) is 16.3 Å². The van der Waals surface area contributed by atoms with E-state index >= 15 is 0 Å². The molecule has 1 heterocycles. The number of halogens is 4. The highest BCUT2D eigenvalue weighted by atomic mass is 35.5. The van der Waals surface area contributed by atoms with Gasteiger partial charge in [0, 0.05) is 11.1 Å². The summed E-state index contributed by atoms with van der Waals surface area (Å²) in [7, 11) is 1.25. The Kier molecular flexibility index (Phi) is 5.46. The monoisotopic (exact) mass is 428 g/mol. The molecule has 2 aromatic carbocycles. The molecule has 3 N–H and O–H groups in total. The highest BCUT2D eigenvalue weighted by Gasteiger charge is 2.66. The Hall–Kier alpha value is -2.78. The lowest BCUT2D eigenvalue weighted by Gasteiger charge is -2.45. The summed E-state index contributed by atoms with van der Waals surface area (Å²) in [6.45, 7) is 0. The zero-order valence-electron chi connectivity index (χ0n) is 15.0. The molecule has 3 atom stereocenters. The van der Waals surface area contributed by atoms with Crippen LogP contribution in [0.3, 0.4) is 0 Å². The molecule has 6 nitrogen and oxygen atoms in total. The average Bonchev–Trinajstić information content (AvgIpc) is 2.66. The van der Waals surface area contributed by atoms with Gasteiger partial charge in [0.05, 0.1) is 18.2 Å². The third-order valence-electron chi connectivity index (χ3n) is 4.68. The van der Waals surface area contributed by atoms with E-state index in [9.17, 15) is 27.9 Å². The minimum atomic E-state index is -5.34. The van der Waals surface area contributed by atoms with Crippen molar-refractivity contribution in [2.75, 3.05) is 7.11 Å². The maximum absolute atomic E-state index is 13.9. The highest BCUT2D eigenvalue weighted by molar-refractivity contribution is 6.32. The number of benzene rings is 2. The Morgan fingerprint density at radius 1 is 1.17 bits per heavy atom. The van der Waals surface area contributed by atoms with Crippen molar-refractivity contribution < 1.29 is 32.6 Å². The fourth-order valence-electron chi connectivity index (χ4n) is 3.37. The maximum Gasteiger partial charge on any atom is 0.437 e. The lowest BCUT2D eigenvalue weighted by Crippen LogP contribution is -2.72. The molecule has 0 aliphatic carbocycles. The van der Waals surface area contributed by atoms with Gasteiger partial charge in [-0.1, -0.05) is 54.1 Å². The molecule has 0 bridgehead atoms. The first-order valence-corrected chi connectivity index (χ1v) is 8.77. The number of carbonyl (C=O) groups is 2. The summed E-state index contributed by atoms with van der Waals surface area (Å²) in [5.41, 5.74) is -3.86.